The maximum absolute atomic E-state index is 11.0. The van der Waals surface area contributed by atoms with Crippen molar-refractivity contribution in [3.63, 3.8) is 0 Å². The summed E-state index contributed by atoms with van der Waals surface area (Å²) in [5.41, 5.74) is -0.466. The molecular weight excluding hydrogens is 252 g/mol. The molecule has 112 valence electrons. The van der Waals surface area contributed by atoms with Crippen molar-refractivity contribution in [1.29, 1.82) is 0 Å². The van der Waals surface area contributed by atoms with Crippen molar-refractivity contribution in [2.45, 2.75) is 77.3 Å². The molecule has 19 heavy (non-hydrogen) atoms. The van der Waals surface area contributed by atoms with Crippen LogP contribution < -0.4 is 0 Å². The van der Waals surface area contributed by atoms with Gasteiger partial charge in [0.2, 0.25) is 0 Å². The zero-order valence-electron chi connectivity index (χ0n) is 12.2. The summed E-state index contributed by atoms with van der Waals surface area (Å²) >= 11 is 0. The predicted octanol–water partition coefficient (Wildman–Crippen LogP) is 1.50. The molecule has 3 unspecified atom stereocenters. The number of hydrogen-bond acceptors (Lipinski definition) is 5. The fourth-order valence-electron chi connectivity index (χ4n) is 2.08. The van der Waals surface area contributed by atoms with Gasteiger partial charge < -0.3 is 24.4 Å². The van der Waals surface area contributed by atoms with E-state index in [2.05, 4.69) is 0 Å². The number of aliphatic carboxylic acids is 1. The van der Waals surface area contributed by atoms with Crippen LogP contribution >= 0.6 is 0 Å². The Morgan fingerprint density at radius 3 is 2.47 bits per heavy atom. The number of carboxylic acid groups (broad SMARTS) is 1. The van der Waals surface area contributed by atoms with Crippen molar-refractivity contribution in [2.24, 2.45) is 0 Å². The number of carboxylic acids is 1. The van der Waals surface area contributed by atoms with Gasteiger partial charge in [-0.3, -0.25) is 0 Å². The van der Waals surface area contributed by atoms with Crippen LogP contribution in [-0.4, -0.2) is 46.1 Å². The van der Waals surface area contributed by atoms with Crippen molar-refractivity contribution in [2.75, 3.05) is 0 Å². The Balaban J connectivity index is 2.59. The summed E-state index contributed by atoms with van der Waals surface area (Å²) in [7, 11) is 0. The fourth-order valence-corrected chi connectivity index (χ4v) is 2.08. The van der Waals surface area contributed by atoms with Crippen molar-refractivity contribution in [1.82, 2.24) is 0 Å². The predicted molar refractivity (Wildman–Crippen MR) is 67.5 cm³/mol. The molecule has 1 rings (SSSR count). The van der Waals surface area contributed by atoms with Crippen LogP contribution in [0.2, 0.25) is 0 Å². The summed E-state index contributed by atoms with van der Waals surface area (Å²) in [6, 6.07) is 0. The number of carbonyl (C=O) groups is 1. The van der Waals surface area contributed by atoms with Gasteiger partial charge in [0.1, 0.15) is 0 Å². The topological polar surface area (TPSA) is 85.2 Å². The van der Waals surface area contributed by atoms with Gasteiger partial charge >= 0.3 is 5.97 Å². The van der Waals surface area contributed by atoms with E-state index in [1.807, 2.05) is 20.8 Å². The fraction of sp³-hybridized carbons (Fsp3) is 0.923. The molecule has 0 amide bonds. The molecule has 0 aliphatic carbocycles. The highest BCUT2D eigenvalue weighted by Crippen LogP contribution is 2.29. The van der Waals surface area contributed by atoms with E-state index in [1.54, 1.807) is 13.8 Å². The van der Waals surface area contributed by atoms with Gasteiger partial charge in [0, 0.05) is 12.8 Å². The van der Waals surface area contributed by atoms with Crippen LogP contribution in [0.4, 0.5) is 0 Å². The minimum absolute atomic E-state index is 0.198. The summed E-state index contributed by atoms with van der Waals surface area (Å²) in [5, 5.41) is 18.9. The zero-order valence-corrected chi connectivity index (χ0v) is 12.2. The van der Waals surface area contributed by atoms with E-state index in [0.29, 0.717) is 0 Å². The van der Waals surface area contributed by atoms with Crippen molar-refractivity contribution in [3.8, 4) is 0 Å². The first-order chi connectivity index (χ1) is 8.48. The largest absolute Gasteiger partial charge is 0.479 e. The van der Waals surface area contributed by atoms with E-state index in [-0.39, 0.29) is 12.8 Å². The van der Waals surface area contributed by atoms with Gasteiger partial charge in [-0.1, -0.05) is 0 Å². The first-order valence-electron chi connectivity index (χ1n) is 6.43. The van der Waals surface area contributed by atoms with Crippen LogP contribution in [0.3, 0.4) is 0 Å². The van der Waals surface area contributed by atoms with Crippen LogP contribution in [0.5, 0.6) is 0 Å². The Morgan fingerprint density at radius 2 is 2.00 bits per heavy atom. The zero-order chi connectivity index (χ0) is 14.8. The Hall–Kier alpha value is -0.690. The number of ether oxygens (including phenoxy) is 3. The highest BCUT2D eigenvalue weighted by atomic mass is 16.7. The second-order valence-electron chi connectivity index (χ2n) is 6.24. The first kappa shape index (κ1) is 16.4. The average molecular weight is 276 g/mol. The molecule has 6 nitrogen and oxygen atoms in total. The van der Waals surface area contributed by atoms with E-state index >= 15 is 0 Å². The standard InChI is InChI=1S/C13H24O6/c1-12(2,3)19-10(14)7-8-6-9(11(15)16)18-13(4,5)17-8/h8-10,14H,6-7H2,1-5H3,(H,15,16). The van der Waals surface area contributed by atoms with Gasteiger partial charge in [0.05, 0.1) is 11.7 Å². The molecule has 0 saturated carbocycles. The highest BCUT2D eigenvalue weighted by molar-refractivity contribution is 5.72. The van der Waals surface area contributed by atoms with Crippen LogP contribution in [-0.2, 0) is 19.0 Å². The maximum atomic E-state index is 11.0. The molecule has 0 aromatic rings. The van der Waals surface area contributed by atoms with E-state index in [0.717, 1.165) is 0 Å². The molecule has 0 radical (unpaired) electrons. The molecular formula is C13H24O6. The Labute approximate surface area is 113 Å². The van der Waals surface area contributed by atoms with Crippen LogP contribution in [0.25, 0.3) is 0 Å². The summed E-state index contributed by atoms with van der Waals surface area (Å²) in [6.45, 7) is 8.83. The molecule has 0 spiro atoms. The number of aliphatic hydroxyl groups excluding tert-OH is 1. The molecule has 0 aromatic carbocycles. The van der Waals surface area contributed by atoms with Crippen molar-refractivity contribution >= 4 is 5.97 Å². The number of hydrogen-bond donors (Lipinski definition) is 2. The SMILES string of the molecule is CC(C)(C)OC(O)CC1CC(C(=O)O)OC(C)(C)O1. The Bertz CT molecular complexity index is 320. The lowest BCUT2D eigenvalue weighted by Gasteiger charge is -2.40. The van der Waals surface area contributed by atoms with Crippen LogP contribution in [0, 0.1) is 0 Å². The summed E-state index contributed by atoms with van der Waals surface area (Å²) in [4.78, 5) is 11.0. The number of aliphatic hydroxyl groups is 1. The second kappa shape index (κ2) is 5.75. The minimum Gasteiger partial charge on any atom is -0.479 e. The molecule has 1 saturated heterocycles. The van der Waals surface area contributed by atoms with Gasteiger partial charge in [0.25, 0.3) is 0 Å². The van der Waals surface area contributed by atoms with Gasteiger partial charge in [-0.05, 0) is 34.6 Å². The van der Waals surface area contributed by atoms with E-state index in [9.17, 15) is 9.90 Å². The third-order valence-electron chi connectivity index (χ3n) is 2.58. The minimum atomic E-state index is -1.02. The Kier molecular flexibility index (Phi) is 4.95. The van der Waals surface area contributed by atoms with E-state index < -0.39 is 35.9 Å². The van der Waals surface area contributed by atoms with Crippen LogP contribution in [0.1, 0.15) is 47.5 Å². The second-order valence-corrected chi connectivity index (χ2v) is 6.24. The van der Waals surface area contributed by atoms with Gasteiger partial charge in [-0.2, -0.15) is 0 Å². The lowest BCUT2D eigenvalue weighted by Crippen LogP contribution is -2.48. The quantitative estimate of drug-likeness (QED) is 0.757. The molecule has 0 aromatic heterocycles. The van der Waals surface area contributed by atoms with Gasteiger partial charge in [-0.25, -0.2) is 4.79 Å². The van der Waals surface area contributed by atoms with Gasteiger partial charge in [-0.15, -0.1) is 0 Å². The lowest BCUT2D eigenvalue weighted by molar-refractivity contribution is -0.307. The molecule has 1 heterocycles. The smallest absolute Gasteiger partial charge is 0.333 e. The summed E-state index contributed by atoms with van der Waals surface area (Å²) < 4.78 is 16.3. The van der Waals surface area contributed by atoms with Crippen molar-refractivity contribution < 1.29 is 29.2 Å². The van der Waals surface area contributed by atoms with E-state index in [4.69, 9.17) is 19.3 Å². The third-order valence-corrected chi connectivity index (χ3v) is 2.58. The molecule has 3 atom stereocenters. The molecule has 2 N–H and O–H groups in total. The van der Waals surface area contributed by atoms with Crippen molar-refractivity contribution in [3.05, 3.63) is 0 Å². The normalized spacial score (nSPS) is 28.9. The lowest BCUT2D eigenvalue weighted by atomic mass is 10.0. The molecule has 6 heteroatoms. The van der Waals surface area contributed by atoms with Gasteiger partial charge in [0.15, 0.2) is 18.2 Å². The highest BCUT2D eigenvalue weighted by Gasteiger charge is 2.39. The molecule has 1 aliphatic rings. The van der Waals surface area contributed by atoms with Crippen LogP contribution in [0.15, 0.2) is 0 Å². The third kappa shape index (κ3) is 5.86. The molecule has 1 fully saturated rings. The monoisotopic (exact) mass is 276 g/mol. The molecule has 0 bridgehead atoms. The molecule has 1 aliphatic heterocycles. The summed E-state index contributed by atoms with van der Waals surface area (Å²) in [5.74, 6) is -2.00. The average Bonchev–Trinajstić information content (AvgIpc) is 2.10. The summed E-state index contributed by atoms with van der Waals surface area (Å²) in [6.07, 6.45) is -1.91. The first-order valence-corrected chi connectivity index (χ1v) is 6.43. The Morgan fingerprint density at radius 1 is 1.42 bits per heavy atom. The number of rotatable bonds is 4. The maximum Gasteiger partial charge on any atom is 0.333 e. The van der Waals surface area contributed by atoms with E-state index in [1.165, 1.54) is 0 Å².